The monoisotopic (exact) mass is 369 g/mol. The van der Waals surface area contributed by atoms with E-state index in [1.807, 2.05) is 24.3 Å². The van der Waals surface area contributed by atoms with E-state index in [0.29, 0.717) is 18.7 Å². The number of carbonyl (C=O) groups excluding carboxylic acids is 2. The van der Waals surface area contributed by atoms with E-state index >= 15 is 0 Å². The van der Waals surface area contributed by atoms with Crippen molar-refractivity contribution in [3.8, 4) is 0 Å². The van der Waals surface area contributed by atoms with Crippen LogP contribution in [-0.4, -0.2) is 31.4 Å². The molecular weight excluding hydrogens is 345 g/mol. The van der Waals surface area contributed by atoms with Crippen LogP contribution in [0.1, 0.15) is 24.8 Å². The van der Waals surface area contributed by atoms with Gasteiger partial charge in [0.15, 0.2) is 0 Å². The summed E-state index contributed by atoms with van der Waals surface area (Å²) in [6, 6.07) is 13.8. The van der Waals surface area contributed by atoms with Crippen LogP contribution >= 0.6 is 0 Å². The Labute approximate surface area is 158 Å². The maximum absolute atomic E-state index is 12.8. The van der Waals surface area contributed by atoms with E-state index in [0.717, 1.165) is 24.3 Å². The number of carbonyl (C=O) groups is 2. The maximum Gasteiger partial charge on any atom is 0.233 e. The topological polar surface area (TPSA) is 61.4 Å². The van der Waals surface area contributed by atoms with Gasteiger partial charge in [-0.3, -0.25) is 9.59 Å². The fourth-order valence-corrected chi connectivity index (χ4v) is 3.14. The molecule has 2 N–H and O–H groups in total. The molecular formula is C21H24FN3O2. The Morgan fingerprint density at radius 1 is 0.926 bits per heavy atom. The highest BCUT2D eigenvalue weighted by Crippen LogP contribution is 2.22. The molecule has 0 saturated carbocycles. The third kappa shape index (κ3) is 5.81. The zero-order valence-corrected chi connectivity index (χ0v) is 15.2. The normalized spacial score (nSPS) is 13.4. The molecule has 0 bridgehead atoms. The van der Waals surface area contributed by atoms with Gasteiger partial charge in [0.25, 0.3) is 0 Å². The van der Waals surface area contributed by atoms with Crippen molar-refractivity contribution >= 4 is 23.2 Å². The highest BCUT2D eigenvalue weighted by atomic mass is 19.1. The number of anilines is 2. The SMILES string of the molecule is O=C(CC(=O)Nc1ccc(N2CCCC2)cc1)NCCc1ccc(F)cc1. The van der Waals surface area contributed by atoms with Gasteiger partial charge >= 0.3 is 0 Å². The lowest BCUT2D eigenvalue weighted by Crippen LogP contribution is -2.29. The van der Waals surface area contributed by atoms with Crippen LogP contribution in [0.4, 0.5) is 15.8 Å². The van der Waals surface area contributed by atoms with Gasteiger partial charge in [0.1, 0.15) is 12.2 Å². The first-order valence-electron chi connectivity index (χ1n) is 9.26. The Balaban J connectivity index is 1.39. The van der Waals surface area contributed by atoms with Crippen LogP contribution in [0, 0.1) is 5.82 Å². The van der Waals surface area contributed by atoms with Crippen molar-refractivity contribution in [1.29, 1.82) is 0 Å². The predicted octanol–water partition coefficient (Wildman–Crippen LogP) is 3.11. The third-order valence-corrected chi connectivity index (χ3v) is 4.59. The Bertz CT molecular complexity index is 769. The standard InChI is InChI=1S/C21H24FN3O2/c22-17-5-3-16(4-6-17)11-12-23-20(26)15-21(27)24-18-7-9-19(10-8-18)25-13-1-2-14-25/h3-10H,1-2,11-15H2,(H,23,26)(H,24,27). The summed E-state index contributed by atoms with van der Waals surface area (Å²) in [4.78, 5) is 26.2. The van der Waals surface area contributed by atoms with Gasteiger partial charge in [0.05, 0.1) is 0 Å². The fraction of sp³-hybridized carbons (Fsp3) is 0.333. The maximum atomic E-state index is 12.8. The largest absolute Gasteiger partial charge is 0.372 e. The molecule has 0 aromatic heterocycles. The van der Waals surface area contributed by atoms with Crippen molar-refractivity contribution in [2.45, 2.75) is 25.7 Å². The van der Waals surface area contributed by atoms with E-state index in [1.54, 1.807) is 12.1 Å². The summed E-state index contributed by atoms with van der Waals surface area (Å²) in [5, 5.41) is 5.45. The van der Waals surface area contributed by atoms with Gasteiger partial charge in [-0.05, 0) is 61.2 Å². The number of amides is 2. The van der Waals surface area contributed by atoms with Crippen LogP contribution in [0.25, 0.3) is 0 Å². The molecule has 1 saturated heterocycles. The summed E-state index contributed by atoms with van der Waals surface area (Å²) in [7, 11) is 0. The van der Waals surface area contributed by atoms with Gasteiger partial charge in [-0.25, -0.2) is 4.39 Å². The Kier molecular flexibility index (Phi) is 6.41. The van der Waals surface area contributed by atoms with Crippen molar-refractivity contribution in [3.63, 3.8) is 0 Å². The number of rotatable bonds is 7. The predicted molar refractivity (Wildman–Crippen MR) is 104 cm³/mol. The lowest BCUT2D eigenvalue weighted by molar-refractivity contribution is -0.126. The van der Waals surface area contributed by atoms with Gasteiger partial charge in [0.2, 0.25) is 11.8 Å². The summed E-state index contributed by atoms with van der Waals surface area (Å²) in [6.45, 7) is 2.55. The molecule has 0 atom stereocenters. The molecule has 1 fully saturated rings. The van der Waals surface area contributed by atoms with Gasteiger partial charge in [-0.1, -0.05) is 12.1 Å². The van der Waals surface area contributed by atoms with Crippen LogP contribution < -0.4 is 15.5 Å². The molecule has 0 unspecified atom stereocenters. The molecule has 5 nitrogen and oxygen atoms in total. The van der Waals surface area contributed by atoms with Crippen LogP contribution in [0.3, 0.4) is 0 Å². The van der Waals surface area contributed by atoms with E-state index in [2.05, 4.69) is 15.5 Å². The van der Waals surface area contributed by atoms with E-state index in [4.69, 9.17) is 0 Å². The van der Waals surface area contributed by atoms with Crippen LogP contribution in [0.2, 0.25) is 0 Å². The highest BCUT2D eigenvalue weighted by molar-refractivity contribution is 6.03. The lowest BCUT2D eigenvalue weighted by atomic mass is 10.1. The highest BCUT2D eigenvalue weighted by Gasteiger charge is 2.13. The Hall–Kier alpha value is -2.89. The second kappa shape index (κ2) is 9.16. The summed E-state index contributed by atoms with van der Waals surface area (Å²) in [6.07, 6.45) is 2.80. The molecule has 2 aromatic rings. The van der Waals surface area contributed by atoms with Gasteiger partial charge in [-0.2, -0.15) is 0 Å². The fourth-order valence-electron chi connectivity index (χ4n) is 3.14. The van der Waals surface area contributed by atoms with Crippen molar-refractivity contribution < 1.29 is 14.0 Å². The number of nitrogens with zero attached hydrogens (tertiary/aromatic N) is 1. The summed E-state index contributed by atoms with van der Waals surface area (Å²) >= 11 is 0. The summed E-state index contributed by atoms with van der Waals surface area (Å²) in [5.41, 5.74) is 2.77. The average molecular weight is 369 g/mol. The molecule has 142 valence electrons. The minimum absolute atomic E-state index is 0.225. The van der Waals surface area contributed by atoms with Gasteiger partial charge in [-0.15, -0.1) is 0 Å². The second-order valence-electron chi connectivity index (χ2n) is 6.69. The summed E-state index contributed by atoms with van der Waals surface area (Å²) < 4.78 is 12.8. The molecule has 1 heterocycles. The zero-order chi connectivity index (χ0) is 19.1. The number of halogens is 1. The van der Waals surface area contributed by atoms with E-state index in [-0.39, 0.29) is 24.1 Å². The van der Waals surface area contributed by atoms with Crippen molar-refractivity contribution in [2.24, 2.45) is 0 Å². The van der Waals surface area contributed by atoms with Crippen molar-refractivity contribution in [2.75, 3.05) is 29.9 Å². The lowest BCUT2D eigenvalue weighted by Gasteiger charge is -2.17. The molecule has 2 aromatic carbocycles. The molecule has 6 heteroatoms. The van der Waals surface area contributed by atoms with Gasteiger partial charge in [0, 0.05) is 31.0 Å². The van der Waals surface area contributed by atoms with Gasteiger partial charge < -0.3 is 15.5 Å². The minimum Gasteiger partial charge on any atom is -0.372 e. The first-order chi connectivity index (χ1) is 13.1. The number of hydrogen-bond acceptors (Lipinski definition) is 3. The first-order valence-corrected chi connectivity index (χ1v) is 9.26. The molecule has 0 radical (unpaired) electrons. The molecule has 0 spiro atoms. The average Bonchev–Trinajstić information content (AvgIpc) is 3.18. The first kappa shape index (κ1) is 18.9. The van der Waals surface area contributed by atoms with E-state index in [1.165, 1.54) is 25.0 Å². The summed E-state index contributed by atoms with van der Waals surface area (Å²) in [5.74, 6) is -0.959. The number of nitrogens with one attached hydrogen (secondary N) is 2. The molecule has 2 amide bonds. The second-order valence-corrected chi connectivity index (χ2v) is 6.69. The van der Waals surface area contributed by atoms with Crippen molar-refractivity contribution in [1.82, 2.24) is 5.32 Å². The number of benzene rings is 2. The molecule has 0 aliphatic carbocycles. The van der Waals surface area contributed by atoms with Crippen LogP contribution in [0.15, 0.2) is 48.5 Å². The van der Waals surface area contributed by atoms with Crippen LogP contribution in [-0.2, 0) is 16.0 Å². The third-order valence-electron chi connectivity index (χ3n) is 4.59. The Morgan fingerprint density at radius 3 is 2.26 bits per heavy atom. The van der Waals surface area contributed by atoms with E-state index < -0.39 is 0 Å². The molecule has 27 heavy (non-hydrogen) atoms. The smallest absolute Gasteiger partial charge is 0.233 e. The molecule has 1 aliphatic heterocycles. The molecule has 1 aliphatic rings. The van der Waals surface area contributed by atoms with Crippen LogP contribution in [0.5, 0.6) is 0 Å². The quantitative estimate of drug-likeness (QED) is 0.737. The Morgan fingerprint density at radius 2 is 1.59 bits per heavy atom. The number of hydrogen-bond donors (Lipinski definition) is 2. The zero-order valence-electron chi connectivity index (χ0n) is 15.2. The minimum atomic E-state index is -0.344. The van der Waals surface area contributed by atoms with Crippen molar-refractivity contribution in [3.05, 3.63) is 59.9 Å². The molecule has 3 rings (SSSR count). The van der Waals surface area contributed by atoms with E-state index in [9.17, 15) is 14.0 Å².